The largest absolute Gasteiger partial charge is 0.455 e. The van der Waals surface area contributed by atoms with Crippen molar-refractivity contribution in [2.75, 3.05) is 6.26 Å². The number of nitrogens with one attached hydrogen (secondary N) is 1. The molecule has 0 aliphatic rings. The highest BCUT2D eigenvalue weighted by atomic mass is 32.2. The molecule has 0 atom stereocenters. The Morgan fingerprint density at radius 2 is 1.92 bits per heavy atom. The third-order valence-corrected chi connectivity index (χ3v) is 3.42. The zero-order valence-electron chi connectivity index (χ0n) is 12.5. The van der Waals surface area contributed by atoms with E-state index in [2.05, 4.69) is 10.3 Å². The molecule has 0 aliphatic carbocycles. The van der Waals surface area contributed by atoms with Crippen molar-refractivity contribution in [2.24, 2.45) is 4.99 Å². The average Bonchev–Trinajstić information content (AvgIpc) is 2.56. The van der Waals surface area contributed by atoms with Crippen molar-refractivity contribution in [3.8, 4) is 17.7 Å². The van der Waals surface area contributed by atoms with Crippen molar-refractivity contribution < 1.29 is 17.9 Å². The monoisotopic (exact) mass is 351 g/mol. The smallest absolute Gasteiger partial charge is 0.416 e. The Bertz CT molecular complexity index is 770. The summed E-state index contributed by atoms with van der Waals surface area (Å²) in [6, 6.07) is 11.6. The van der Waals surface area contributed by atoms with Crippen LogP contribution in [0.1, 0.15) is 5.56 Å². The van der Waals surface area contributed by atoms with Crippen molar-refractivity contribution in [1.82, 2.24) is 5.32 Å². The Kier molecular flexibility index (Phi) is 5.71. The number of rotatable bonds is 3. The van der Waals surface area contributed by atoms with Gasteiger partial charge in [-0.05, 0) is 36.6 Å². The summed E-state index contributed by atoms with van der Waals surface area (Å²) in [6.45, 7) is 0. The predicted octanol–water partition coefficient (Wildman–Crippen LogP) is 4.92. The van der Waals surface area contributed by atoms with Gasteiger partial charge in [-0.3, -0.25) is 5.32 Å². The van der Waals surface area contributed by atoms with Gasteiger partial charge in [-0.1, -0.05) is 30.0 Å². The van der Waals surface area contributed by atoms with Crippen LogP contribution in [-0.4, -0.2) is 11.4 Å². The van der Waals surface area contributed by atoms with Gasteiger partial charge in [-0.2, -0.15) is 18.4 Å². The van der Waals surface area contributed by atoms with E-state index in [1.807, 2.05) is 0 Å². The first-order chi connectivity index (χ1) is 11.4. The molecule has 2 aromatic carbocycles. The summed E-state index contributed by atoms with van der Waals surface area (Å²) in [7, 11) is 0. The number of alkyl halides is 3. The molecule has 0 amide bonds. The molecule has 0 heterocycles. The van der Waals surface area contributed by atoms with Crippen LogP contribution >= 0.6 is 11.8 Å². The molecule has 0 saturated heterocycles. The van der Waals surface area contributed by atoms with Gasteiger partial charge in [0, 0.05) is 0 Å². The van der Waals surface area contributed by atoms with Gasteiger partial charge in [0.05, 0.1) is 5.56 Å². The highest BCUT2D eigenvalue weighted by molar-refractivity contribution is 8.13. The number of para-hydroxylation sites is 1. The topological polar surface area (TPSA) is 57.4 Å². The molecule has 8 heteroatoms. The number of aliphatic imine (C=N–C) groups is 1. The third kappa shape index (κ3) is 4.67. The molecule has 0 aliphatic heterocycles. The SMILES string of the molecule is CSC(=Nc1cc(C(F)(F)F)ccc1Oc1ccccc1)NC#N. The normalized spacial score (nSPS) is 11.7. The fraction of sp³-hybridized carbons (Fsp3) is 0.125. The van der Waals surface area contributed by atoms with E-state index >= 15 is 0 Å². The van der Waals surface area contributed by atoms with Gasteiger partial charge in [-0.25, -0.2) is 4.99 Å². The van der Waals surface area contributed by atoms with E-state index in [0.29, 0.717) is 5.75 Å². The number of hydrogen-bond acceptors (Lipinski definition) is 4. The average molecular weight is 351 g/mol. The van der Waals surface area contributed by atoms with E-state index in [9.17, 15) is 13.2 Å². The van der Waals surface area contributed by atoms with Gasteiger partial charge in [0.2, 0.25) is 0 Å². The number of halogens is 3. The van der Waals surface area contributed by atoms with Crippen molar-refractivity contribution in [1.29, 1.82) is 5.26 Å². The molecule has 0 fully saturated rings. The first-order valence-corrected chi connectivity index (χ1v) is 7.88. The molecule has 0 aromatic heterocycles. The minimum Gasteiger partial charge on any atom is -0.455 e. The summed E-state index contributed by atoms with van der Waals surface area (Å²) in [6.07, 6.45) is -1.17. The lowest BCUT2D eigenvalue weighted by Gasteiger charge is -2.12. The summed E-state index contributed by atoms with van der Waals surface area (Å²) >= 11 is 1.10. The maximum Gasteiger partial charge on any atom is 0.416 e. The Morgan fingerprint density at radius 3 is 2.50 bits per heavy atom. The Labute approximate surface area is 141 Å². The molecule has 2 rings (SSSR count). The molecule has 24 heavy (non-hydrogen) atoms. The van der Waals surface area contributed by atoms with Crippen LogP contribution in [-0.2, 0) is 6.18 Å². The number of thioether (sulfide) groups is 1. The van der Waals surface area contributed by atoms with Gasteiger partial charge >= 0.3 is 6.18 Å². The van der Waals surface area contributed by atoms with E-state index in [1.165, 1.54) is 6.07 Å². The molecule has 0 spiro atoms. The van der Waals surface area contributed by atoms with E-state index in [4.69, 9.17) is 10.00 Å². The zero-order valence-corrected chi connectivity index (χ0v) is 13.3. The standard InChI is InChI=1S/C16H12F3N3OS/c1-24-15(21-10-20)22-13-9-11(16(17,18)19)7-8-14(13)23-12-5-3-2-4-6-12/h2-9H,1H3,(H,21,22). The number of amidine groups is 1. The Balaban J connectivity index is 2.47. The number of nitrogens with zero attached hydrogens (tertiary/aromatic N) is 2. The summed E-state index contributed by atoms with van der Waals surface area (Å²) < 4.78 is 44.4. The molecule has 2 aromatic rings. The van der Waals surface area contributed by atoms with Crippen molar-refractivity contribution in [3.63, 3.8) is 0 Å². The maximum atomic E-state index is 12.9. The maximum absolute atomic E-state index is 12.9. The minimum absolute atomic E-state index is 0.0271. The highest BCUT2D eigenvalue weighted by Gasteiger charge is 2.31. The molecule has 1 N–H and O–H groups in total. The molecule has 0 saturated carbocycles. The van der Waals surface area contributed by atoms with Crippen molar-refractivity contribution in [3.05, 3.63) is 54.1 Å². The van der Waals surface area contributed by atoms with Gasteiger partial charge < -0.3 is 4.74 Å². The second kappa shape index (κ2) is 7.75. The van der Waals surface area contributed by atoms with Gasteiger partial charge in [0.15, 0.2) is 17.1 Å². The van der Waals surface area contributed by atoms with E-state index in [0.717, 1.165) is 23.9 Å². The first kappa shape index (κ1) is 17.7. The zero-order chi connectivity index (χ0) is 17.6. The summed E-state index contributed by atoms with van der Waals surface area (Å²) in [5.41, 5.74) is -0.875. The van der Waals surface area contributed by atoms with Crippen LogP contribution in [0.4, 0.5) is 18.9 Å². The summed E-state index contributed by atoms with van der Waals surface area (Å²) in [4.78, 5) is 4.06. The minimum atomic E-state index is -4.50. The van der Waals surface area contributed by atoms with Crippen molar-refractivity contribution in [2.45, 2.75) is 6.18 Å². The van der Waals surface area contributed by atoms with Gasteiger partial charge in [0.1, 0.15) is 11.4 Å². The van der Waals surface area contributed by atoms with E-state index in [1.54, 1.807) is 42.8 Å². The van der Waals surface area contributed by atoms with E-state index in [-0.39, 0.29) is 16.6 Å². The molecular formula is C16H12F3N3OS. The van der Waals surface area contributed by atoms with Crippen LogP contribution in [0, 0.1) is 11.5 Å². The fourth-order valence-corrected chi connectivity index (χ4v) is 2.10. The quantitative estimate of drug-likeness (QED) is 0.369. The van der Waals surface area contributed by atoms with Gasteiger partial charge in [0.25, 0.3) is 0 Å². The predicted molar refractivity (Wildman–Crippen MR) is 87.3 cm³/mol. The second-order valence-corrected chi connectivity index (χ2v) is 5.25. The van der Waals surface area contributed by atoms with E-state index < -0.39 is 11.7 Å². The fourth-order valence-electron chi connectivity index (χ4n) is 1.76. The first-order valence-electron chi connectivity index (χ1n) is 6.66. The number of hydrogen-bond donors (Lipinski definition) is 1. The molecule has 124 valence electrons. The third-order valence-electron chi connectivity index (χ3n) is 2.84. The molecule has 0 bridgehead atoms. The van der Waals surface area contributed by atoms with Crippen LogP contribution in [0.25, 0.3) is 0 Å². The highest BCUT2D eigenvalue weighted by Crippen LogP contribution is 2.38. The summed E-state index contributed by atoms with van der Waals surface area (Å²) in [5, 5.41) is 11.1. The van der Waals surface area contributed by atoms with Crippen LogP contribution in [0.2, 0.25) is 0 Å². The lowest BCUT2D eigenvalue weighted by atomic mass is 10.2. The lowest BCUT2D eigenvalue weighted by molar-refractivity contribution is -0.137. The molecule has 0 radical (unpaired) electrons. The van der Waals surface area contributed by atoms with Crippen LogP contribution in [0.15, 0.2) is 53.5 Å². The number of benzene rings is 2. The van der Waals surface area contributed by atoms with Crippen molar-refractivity contribution >= 4 is 22.6 Å². The molecular weight excluding hydrogens is 339 g/mol. The summed E-state index contributed by atoms with van der Waals surface area (Å²) in [5.74, 6) is 0.619. The van der Waals surface area contributed by atoms with Crippen LogP contribution in [0.3, 0.4) is 0 Å². The number of ether oxygens (including phenoxy) is 1. The number of nitriles is 1. The van der Waals surface area contributed by atoms with Crippen LogP contribution < -0.4 is 10.1 Å². The van der Waals surface area contributed by atoms with Crippen LogP contribution in [0.5, 0.6) is 11.5 Å². The Hall–Kier alpha value is -2.66. The lowest BCUT2D eigenvalue weighted by Crippen LogP contribution is -2.12. The van der Waals surface area contributed by atoms with Gasteiger partial charge in [-0.15, -0.1) is 0 Å². The molecule has 0 unspecified atom stereocenters. The molecule has 4 nitrogen and oxygen atoms in total. The Morgan fingerprint density at radius 1 is 1.21 bits per heavy atom. The second-order valence-electron chi connectivity index (χ2n) is 4.45.